The van der Waals surface area contributed by atoms with E-state index in [0.717, 1.165) is 6.07 Å². The predicted octanol–water partition coefficient (Wildman–Crippen LogP) is 2.85. The van der Waals surface area contributed by atoms with E-state index in [4.69, 9.17) is 15.2 Å². The van der Waals surface area contributed by atoms with E-state index in [0.29, 0.717) is 26.1 Å². The molecule has 0 atom stereocenters. The molecular formula is C12H14F3NO2. The van der Waals surface area contributed by atoms with Crippen LogP contribution in [0, 0.1) is 0 Å². The largest absolute Gasteiger partial charge is 0.490 e. The van der Waals surface area contributed by atoms with Gasteiger partial charge in [0.1, 0.15) is 11.9 Å². The lowest BCUT2D eigenvalue weighted by molar-refractivity contribution is -0.139. The Hall–Kier alpha value is -1.43. The van der Waals surface area contributed by atoms with Crippen molar-refractivity contribution in [3.8, 4) is 5.75 Å². The first-order valence-electron chi connectivity index (χ1n) is 5.68. The Balaban J connectivity index is 2.21. The molecule has 3 nitrogen and oxygen atoms in total. The summed E-state index contributed by atoms with van der Waals surface area (Å²) in [5, 5.41) is 0. The molecule has 1 heterocycles. The van der Waals surface area contributed by atoms with Crippen LogP contribution < -0.4 is 10.5 Å². The summed E-state index contributed by atoms with van der Waals surface area (Å²) < 4.78 is 49.0. The number of hydrogen-bond acceptors (Lipinski definition) is 3. The number of alkyl halides is 3. The van der Waals surface area contributed by atoms with Gasteiger partial charge in [-0.15, -0.1) is 0 Å². The van der Waals surface area contributed by atoms with Gasteiger partial charge in [0, 0.05) is 18.5 Å². The van der Waals surface area contributed by atoms with Gasteiger partial charge < -0.3 is 15.2 Å². The van der Waals surface area contributed by atoms with Crippen LogP contribution in [0.3, 0.4) is 0 Å². The minimum absolute atomic E-state index is 0.0710. The fraction of sp³-hybridized carbons (Fsp3) is 0.500. The van der Waals surface area contributed by atoms with E-state index in [1.54, 1.807) is 0 Å². The third kappa shape index (κ3) is 3.07. The van der Waals surface area contributed by atoms with Gasteiger partial charge in [-0.25, -0.2) is 0 Å². The van der Waals surface area contributed by atoms with Crippen LogP contribution in [0.2, 0.25) is 0 Å². The molecule has 0 bridgehead atoms. The van der Waals surface area contributed by atoms with Crippen molar-refractivity contribution >= 4 is 5.69 Å². The van der Waals surface area contributed by atoms with E-state index in [9.17, 15) is 13.2 Å². The van der Waals surface area contributed by atoms with Gasteiger partial charge in [-0.3, -0.25) is 0 Å². The summed E-state index contributed by atoms with van der Waals surface area (Å²) in [4.78, 5) is 0. The Morgan fingerprint density at radius 1 is 1.22 bits per heavy atom. The Kier molecular flexibility index (Phi) is 3.65. The second-order valence-electron chi connectivity index (χ2n) is 4.18. The molecule has 0 saturated carbocycles. The smallest absolute Gasteiger partial charge is 0.420 e. The first-order chi connectivity index (χ1) is 8.47. The molecule has 1 aromatic rings. The lowest BCUT2D eigenvalue weighted by Gasteiger charge is -2.25. The van der Waals surface area contributed by atoms with Crippen molar-refractivity contribution in [1.29, 1.82) is 0 Å². The van der Waals surface area contributed by atoms with E-state index < -0.39 is 11.7 Å². The minimum atomic E-state index is -4.46. The lowest BCUT2D eigenvalue weighted by atomic mass is 10.1. The molecule has 0 aromatic heterocycles. The van der Waals surface area contributed by atoms with Crippen LogP contribution in [-0.2, 0) is 10.9 Å². The molecule has 0 amide bonds. The first-order valence-corrected chi connectivity index (χ1v) is 5.68. The normalized spacial score (nSPS) is 17.7. The third-order valence-corrected chi connectivity index (χ3v) is 2.77. The van der Waals surface area contributed by atoms with Crippen molar-refractivity contribution in [3.05, 3.63) is 23.8 Å². The van der Waals surface area contributed by atoms with Gasteiger partial charge in [-0.05, 0) is 18.2 Å². The van der Waals surface area contributed by atoms with Gasteiger partial charge in [0.2, 0.25) is 0 Å². The number of rotatable bonds is 2. The lowest BCUT2D eigenvalue weighted by Crippen LogP contribution is -2.26. The van der Waals surface area contributed by atoms with Crippen molar-refractivity contribution in [2.75, 3.05) is 18.9 Å². The predicted molar refractivity (Wildman–Crippen MR) is 60.3 cm³/mol. The second-order valence-corrected chi connectivity index (χ2v) is 4.18. The highest BCUT2D eigenvalue weighted by Gasteiger charge is 2.35. The van der Waals surface area contributed by atoms with E-state index >= 15 is 0 Å². The molecule has 1 aliphatic rings. The van der Waals surface area contributed by atoms with Gasteiger partial charge in [-0.1, -0.05) is 0 Å². The summed E-state index contributed by atoms with van der Waals surface area (Å²) in [6.45, 7) is 1.03. The molecule has 0 unspecified atom stereocenters. The molecule has 0 radical (unpaired) electrons. The van der Waals surface area contributed by atoms with Crippen LogP contribution in [0.5, 0.6) is 5.75 Å². The second kappa shape index (κ2) is 5.06. The van der Waals surface area contributed by atoms with Gasteiger partial charge in [0.05, 0.1) is 18.8 Å². The average Bonchev–Trinajstić information content (AvgIpc) is 2.31. The molecule has 1 saturated heterocycles. The summed E-state index contributed by atoms with van der Waals surface area (Å²) in [7, 11) is 0. The van der Waals surface area contributed by atoms with E-state index in [2.05, 4.69) is 0 Å². The average molecular weight is 261 g/mol. The maximum Gasteiger partial charge on any atom is 0.420 e. The Labute approximate surface area is 103 Å². The molecule has 0 aliphatic carbocycles. The molecular weight excluding hydrogens is 247 g/mol. The van der Waals surface area contributed by atoms with Crippen molar-refractivity contribution in [2.24, 2.45) is 0 Å². The van der Waals surface area contributed by atoms with E-state index in [-0.39, 0.29) is 17.5 Å². The summed E-state index contributed by atoms with van der Waals surface area (Å²) in [5.74, 6) is -0.163. The topological polar surface area (TPSA) is 44.5 Å². The molecule has 6 heteroatoms. The highest BCUT2D eigenvalue weighted by Crippen LogP contribution is 2.38. The highest BCUT2D eigenvalue weighted by atomic mass is 19.4. The maximum atomic E-state index is 12.8. The van der Waals surface area contributed by atoms with Crippen LogP contribution in [0.4, 0.5) is 18.9 Å². The monoisotopic (exact) mass is 261 g/mol. The molecule has 0 spiro atoms. The molecule has 2 rings (SSSR count). The van der Waals surface area contributed by atoms with E-state index in [1.807, 2.05) is 0 Å². The number of hydrogen-bond donors (Lipinski definition) is 1. The quantitative estimate of drug-likeness (QED) is 0.832. The number of halogens is 3. The zero-order valence-corrected chi connectivity index (χ0v) is 9.67. The number of ether oxygens (including phenoxy) is 2. The highest BCUT2D eigenvalue weighted by molar-refractivity contribution is 5.49. The van der Waals surface area contributed by atoms with Crippen molar-refractivity contribution in [1.82, 2.24) is 0 Å². The summed E-state index contributed by atoms with van der Waals surface area (Å²) in [6, 6.07) is 3.58. The zero-order valence-electron chi connectivity index (χ0n) is 9.67. The molecule has 1 aromatic carbocycles. The number of nitrogen functional groups attached to an aromatic ring is 1. The van der Waals surface area contributed by atoms with Crippen LogP contribution in [0.15, 0.2) is 18.2 Å². The van der Waals surface area contributed by atoms with Crippen LogP contribution in [-0.4, -0.2) is 19.3 Å². The fourth-order valence-electron chi connectivity index (χ4n) is 1.85. The molecule has 2 N–H and O–H groups in total. The van der Waals surface area contributed by atoms with Crippen LogP contribution in [0.1, 0.15) is 18.4 Å². The van der Waals surface area contributed by atoms with Crippen molar-refractivity contribution in [3.63, 3.8) is 0 Å². The zero-order chi connectivity index (χ0) is 13.2. The minimum Gasteiger partial charge on any atom is -0.490 e. The van der Waals surface area contributed by atoms with Crippen molar-refractivity contribution < 1.29 is 22.6 Å². The Bertz CT molecular complexity index is 414. The van der Waals surface area contributed by atoms with Crippen LogP contribution in [0.25, 0.3) is 0 Å². The maximum absolute atomic E-state index is 12.8. The molecule has 18 heavy (non-hydrogen) atoms. The third-order valence-electron chi connectivity index (χ3n) is 2.77. The van der Waals surface area contributed by atoms with E-state index in [1.165, 1.54) is 12.1 Å². The van der Waals surface area contributed by atoms with Crippen molar-refractivity contribution in [2.45, 2.75) is 25.1 Å². The molecule has 100 valence electrons. The van der Waals surface area contributed by atoms with Gasteiger partial charge in [-0.2, -0.15) is 13.2 Å². The fourth-order valence-corrected chi connectivity index (χ4v) is 1.85. The van der Waals surface area contributed by atoms with Crippen LogP contribution >= 0.6 is 0 Å². The van der Waals surface area contributed by atoms with Gasteiger partial charge in [0.25, 0.3) is 0 Å². The standard InChI is InChI=1S/C12H14F3NO2/c13-12(14,15)10-7-8(16)1-2-11(10)18-9-3-5-17-6-4-9/h1-2,7,9H,3-6,16H2. The van der Waals surface area contributed by atoms with Gasteiger partial charge >= 0.3 is 6.18 Å². The summed E-state index contributed by atoms with van der Waals surface area (Å²) in [5.41, 5.74) is 4.63. The number of anilines is 1. The molecule has 1 aliphatic heterocycles. The number of benzene rings is 1. The van der Waals surface area contributed by atoms with Gasteiger partial charge in [0.15, 0.2) is 0 Å². The first kappa shape index (κ1) is 13.0. The SMILES string of the molecule is Nc1ccc(OC2CCOCC2)c(C(F)(F)F)c1. The molecule has 1 fully saturated rings. The summed E-state index contributed by atoms with van der Waals surface area (Å²) in [6.07, 6.45) is -3.50. The Morgan fingerprint density at radius 3 is 2.50 bits per heavy atom. The summed E-state index contributed by atoms with van der Waals surface area (Å²) >= 11 is 0. The Morgan fingerprint density at radius 2 is 1.89 bits per heavy atom. The number of nitrogens with two attached hydrogens (primary N) is 1.